The number of halogens is 1. The lowest BCUT2D eigenvalue weighted by Crippen LogP contribution is -2.36. The summed E-state index contributed by atoms with van der Waals surface area (Å²) in [6.07, 6.45) is 0. The van der Waals surface area contributed by atoms with Gasteiger partial charge in [0.1, 0.15) is 0 Å². The molecule has 1 aromatic carbocycles. The highest BCUT2D eigenvalue weighted by molar-refractivity contribution is 7.10. The zero-order valence-electron chi connectivity index (χ0n) is 10.5. The van der Waals surface area contributed by atoms with E-state index in [2.05, 4.69) is 28.3 Å². The Morgan fingerprint density at radius 2 is 2.05 bits per heavy atom. The molecule has 5 heteroatoms. The fourth-order valence-corrected chi connectivity index (χ4v) is 3.47. The Morgan fingerprint density at radius 3 is 2.68 bits per heavy atom. The second-order valence-corrected chi connectivity index (χ2v) is 5.91. The molecule has 2 aromatic rings. The van der Waals surface area contributed by atoms with Crippen molar-refractivity contribution < 1.29 is 0 Å². The third-order valence-corrected chi connectivity index (χ3v) is 4.67. The minimum Gasteiger partial charge on any atom is -0.369 e. The van der Waals surface area contributed by atoms with Gasteiger partial charge >= 0.3 is 0 Å². The third-order valence-electron chi connectivity index (χ3n) is 3.29. The average molecular weight is 292 g/mol. The number of benzene rings is 1. The molecule has 0 aliphatic carbocycles. The van der Waals surface area contributed by atoms with Crippen molar-refractivity contribution >= 4 is 34.6 Å². The Balaban J connectivity index is 1.99. The van der Waals surface area contributed by atoms with Crippen LogP contribution in [0.5, 0.6) is 0 Å². The molecule has 1 unspecified atom stereocenters. The van der Waals surface area contributed by atoms with Gasteiger partial charge in [-0.2, -0.15) is 0 Å². The number of hydrogen-bond acceptors (Lipinski definition) is 4. The van der Waals surface area contributed by atoms with Gasteiger partial charge < -0.3 is 10.6 Å². The van der Waals surface area contributed by atoms with Crippen LogP contribution in [-0.4, -0.2) is 12.5 Å². The fraction of sp³-hybridized carbons (Fsp3) is 0.214. The van der Waals surface area contributed by atoms with Crippen molar-refractivity contribution in [3.05, 3.63) is 51.2 Å². The van der Waals surface area contributed by atoms with Gasteiger partial charge in [-0.05, 0) is 48.2 Å². The summed E-state index contributed by atoms with van der Waals surface area (Å²) in [7, 11) is 0. The number of rotatable bonds is 2. The van der Waals surface area contributed by atoms with Gasteiger partial charge in [0, 0.05) is 15.6 Å². The van der Waals surface area contributed by atoms with Crippen LogP contribution in [-0.2, 0) is 0 Å². The van der Waals surface area contributed by atoms with E-state index in [1.807, 2.05) is 24.3 Å². The smallest absolute Gasteiger partial charge is 0.196 e. The Bertz CT molecular complexity index is 618. The molecule has 0 saturated carbocycles. The highest BCUT2D eigenvalue weighted by Crippen LogP contribution is 2.35. The van der Waals surface area contributed by atoms with Crippen LogP contribution in [0.15, 0.2) is 40.7 Å². The van der Waals surface area contributed by atoms with E-state index in [4.69, 9.17) is 17.3 Å². The number of thiophene rings is 1. The molecule has 1 aromatic heterocycles. The van der Waals surface area contributed by atoms with Gasteiger partial charge in [-0.1, -0.05) is 11.6 Å². The molecular formula is C14H14ClN3S. The Labute approximate surface area is 121 Å². The van der Waals surface area contributed by atoms with Crippen molar-refractivity contribution in [1.82, 2.24) is 0 Å². The van der Waals surface area contributed by atoms with Crippen molar-refractivity contribution in [3.63, 3.8) is 0 Å². The van der Waals surface area contributed by atoms with Crippen LogP contribution in [0.2, 0.25) is 5.02 Å². The fourth-order valence-electron chi connectivity index (χ4n) is 2.34. The van der Waals surface area contributed by atoms with E-state index < -0.39 is 0 Å². The minimum atomic E-state index is 0.196. The van der Waals surface area contributed by atoms with Crippen molar-refractivity contribution in [2.45, 2.75) is 13.0 Å². The number of guanidine groups is 1. The predicted molar refractivity (Wildman–Crippen MR) is 82.2 cm³/mol. The molecular weight excluding hydrogens is 278 g/mol. The van der Waals surface area contributed by atoms with E-state index in [0.717, 1.165) is 10.7 Å². The van der Waals surface area contributed by atoms with Gasteiger partial charge in [-0.25, -0.2) is 0 Å². The maximum Gasteiger partial charge on any atom is 0.196 e. The summed E-state index contributed by atoms with van der Waals surface area (Å²) in [5.41, 5.74) is 8.36. The van der Waals surface area contributed by atoms with E-state index in [1.165, 1.54) is 10.4 Å². The van der Waals surface area contributed by atoms with Crippen LogP contribution in [0.1, 0.15) is 16.5 Å². The van der Waals surface area contributed by atoms with Crippen LogP contribution >= 0.6 is 22.9 Å². The molecule has 2 heterocycles. The average Bonchev–Trinajstić information content (AvgIpc) is 2.97. The maximum atomic E-state index is 6.04. The predicted octanol–water partition coefficient (Wildman–Crippen LogP) is 3.59. The van der Waals surface area contributed by atoms with Gasteiger partial charge in [-0.3, -0.25) is 4.99 Å². The van der Waals surface area contributed by atoms with E-state index in [9.17, 15) is 0 Å². The monoisotopic (exact) mass is 291 g/mol. The number of aryl methyl sites for hydroxylation is 1. The molecule has 98 valence electrons. The lowest BCUT2D eigenvalue weighted by Gasteiger charge is -2.26. The van der Waals surface area contributed by atoms with Gasteiger partial charge in [-0.15, -0.1) is 11.3 Å². The van der Waals surface area contributed by atoms with Crippen LogP contribution in [0, 0.1) is 6.92 Å². The lowest BCUT2D eigenvalue weighted by atomic mass is 10.1. The van der Waals surface area contributed by atoms with Crippen LogP contribution in [0.3, 0.4) is 0 Å². The van der Waals surface area contributed by atoms with Crippen molar-refractivity contribution in [2.75, 3.05) is 11.4 Å². The lowest BCUT2D eigenvalue weighted by molar-refractivity contribution is 0.779. The molecule has 0 radical (unpaired) electrons. The molecule has 3 rings (SSSR count). The number of nitrogens with zero attached hydrogens (tertiary/aromatic N) is 2. The summed E-state index contributed by atoms with van der Waals surface area (Å²) in [5, 5.41) is 2.83. The van der Waals surface area contributed by atoms with Gasteiger partial charge in [0.25, 0.3) is 0 Å². The van der Waals surface area contributed by atoms with Crippen molar-refractivity contribution in [3.8, 4) is 0 Å². The number of hydrogen-bond donors (Lipinski definition) is 1. The Morgan fingerprint density at radius 1 is 1.32 bits per heavy atom. The van der Waals surface area contributed by atoms with E-state index in [0.29, 0.717) is 12.5 Å². The molecule has 0 amide bonds. The van der Waals surface area contributed by atoms with Crippen molar-refractivity contribution in [1.29, 1.82) is 0 Å². The molecule has 1 atom stereocenters. The quantitative estimate of drug-likeness (QED) is 0.919. The Hall–Kier alpha value is -1.52. The number of anilines is 1. The number of nitrogens with two attached hydrogens (primary N) is 1. The van der Waals surface area contributed by atoms with Gasteiger partial charge in [0.05, 0.1) is 12.6 Å². The van der Waals surface area contributed by atoms with Crippen LogP contribution in [0.4, 0.5) is 5.69 Å². The molecule has 2 N–H and O–H groups in total. The highest BCUT2D eigenvalue weighted by Gasteiger charge is 2.30. The van der Waals surface area contributed by atoms with Crippen LogP contribution in [0.25, 0.3) is 0 Å². The summed E-state index contributed by atoms with van der Waals surface area (Å²) in [5.74, 6) is 0.570. The molecule has 0 fully saturated rings. The normalized spacial score (nSPS) is 18.7. The van der Waals surface area contributed by atoms with E-state index >= 15 is 0 Å². The zero-order chi connectivity index (χ0) is 13.4. The number of aliphatic imine (C=N–C) groups is 1. The summed E-state index contributed by atoms with van der Waals surface area (Å²) in [6.45, 7) is 2.83. The highest BCUT2D eigenvalue weighted by atomic mass is 35.5. The largest absolute Gasteiger partial charge is 0.369 e. The van der Waals surface area contributed by atoms with Crippen molar-refractivity contribution in [2.24, 2.45) is 10.7 Å². The molecule has 3 nitrogen and oxygen atoms in total. The van der Waals surface area contributed by atoms with E-state index in [1.54, 1.807) is 11.3 Å². The summed E-state index contributed by atoms with van der Waals surface area (Å²) in [6, 6.07) is 10.0. The second-order valence-electron chi connectivity index (χ2n) is 4.53. The zero-order valence-corrected chi connectivity index (χ0v) is 12.1. The topological polar surface area (TPSA) is 41.6 Å². The van der Waals surface area contributed by atoms with Crippen LogP contribution < -0.4 is 10.6 Å². The SMILES string of the molecule is Cc1ccsc1C1CN=C(N)N1c1ccc(Cl)cc1. The third kappa shape index (κ3) is 2.22. The van der Waals surface area contributed by atoms with Gasteiger partial charge in [0.2, 0.25) is 0 Å². The Kier molecular flexibility index (Phi) is 3.21. The molecule has 1 aliphatic rings. The molecule has 0 bridgehead atoms. The second kappa shape index (κ2) is 4.87. The first kappa shape index (κ1) is 12.5. The maximum absolute atomic E-state index is 6.04. The molecule has 1 aliphatic heterocycles. The first-order valence-corrected chi connectivity index (χ1v) is 7.31. The van der Waals surface area contributed by atoms with Gasteiger partial charge in [0.15, 0.2) is 5.96 Å². The summed E-state index contributed by atoms with van der Waals surface area (Å²) >= 11 is 7.69. The standard InChI is InChI=1S/C14H14ClN3S/c1-9-6-7-19-13(9)12-8-17-14(16)18(12)11-4-2-10(15)3-5-11/h2-7,12H,8H2,1H3,(H2,16,17). The summed E-state index contributed by atoms with van der Waals surface area (Å²) < 4.78 is 0. The van der Waals surface area contributed by atoms with E-state index in [-0.39, 0.29) is 6.04 Å². The molecule has 19 heavy (non-hydrogen) atoms. The molecule has 0 saturated heterocycles. The minimum absolute atomic E-state index is 0.196. The summed E-state index contributed by atoms with van der Waals surface area (Å²) in [4.78, 5) is 7.79. The first-order valence-electron chi connectivity index (χ1n) is 6.05. The molecule has 0 spiro atoms. The first-order chi connectivity index (χ1) is 9.16.